The van der Waals surface area contributed by atoms with Crippen LogP contribution in [0.1, 0.15) is 24.5 Å². The van der Waals surface area contributed by atoms with Crippen molar-refractivity contribution in [3.63, 3.8) is 0 Å². The molecular weight excluding hydrogens is 207 g/mol. The van der Waals surface area contributed by atoms with E-state index in [0.29, 0.717) is 6.42 Å². The van der Waals surface area contributed by atoms with Crippen LogP contribution in [0.5, 0.6) is 0 Å². The summed E-state index contributed by atoms with van der Waals surface area (Å²) in [6.07, 6.45) is 3.29. The molecule has 0 saturated heterocycles. The summed E-state index contributed by atoms with van der Waals surface area (Å²) >= 11 is 0. The van der Waals surface area contributed by atoms with Crippen LogP contribution in [0.3, 0.4) is 0 Å². The fourth-order valence-corrected chi connectivity index (χ4v) is 1.98. The minimum absolute atomic E-state index is 0.234. The normalized spacial score (nSPS) is 16.2. The molecule has 0 spiro atoms. The molecule has 0 fully saturated rings. The first-order valence-electron chi connectivity index (χ1n) is 5.29. The Hall–Kier alpha value is -1.64. The van der Waals surface area contributed by atoms with Crippen molar-refractivity contribution in [3.05, 3.63) is 40.7 Å². The molecule has 0 amide bonds. The molecule has 1 aliphatic rings. The average molecular weight is 220 g/mol. The smallest absolute Gasteiger partial charge is 0.310 e. The van der Waals surface area contributed by atoms with Crippen LogP contribution < -0.4 is 0 Å². The summed E-state index contributed by atoms with van der Waals surface area (Å²) in [4.78, 5) is 10.9. The van der Waals surface area contributed by atoms with Crippen LogP contribution in [0.4, 0.5) is 4.39 Å². The second kappa shape index (κ2) is 4.08. The number of benzene rings is 1. The third-order valence-corrected chi connectivity index (χ3v) is 3.06. The number of carboxylic acids is 1. The van der Waals surface area contributed by atoms with E-state index in [0.717, 1.165) is 23.1 Å². The Morgan fingerprint density at radius 2 is 2.19 bits per heavy atom. The third kappa shape index (κ3) is 1.98. The SMILES string of the molecule is CC(C(=O)O)C1=Cc2ccc(F)cc2CC1. The van der Waals surface area contributed by atoms with Crippen molar-refractivity contribution in [2.75, 3.05) is 0 Å². The lowest BCUT2D eigenvalue weighted by Gasteiger charge is -2.19. The van der Waals surface area contributed by atoms with Crippen LogP contribution in [0.15, 0.2) is 23.8 Å². The van der Waals surface area contributed by atoms with Crippen molar-refractivity contribution in [3.8, 4) is 0 Å². The van der Waals surface area contributed by atoms with E-state index in [1.807, 2.05) is 6.08 Å². The molecule has 1 aromatic carbocycles. The van der Waals surface area contributed by atoms with E-state index in [1.54, 1.807) is 13.0 Å². The van der Waals surface area contributed by atoms with Crippen molar-refractivity contribution in [1.82, 2.24) is 0 Å². The van der Waals surface area contributed by atoms with Crippen LogP contribution >= 0.6 is 0 Å². The number of aryl methyl sites for hydroxylation is 1. The Bertz CT molecular complexity index is 463. The zero-order valence-electron chi connectivity index (χ0n) is 9.03. The van der Waals surface area contributed by atoms with Crippen LogP contribution in [-0.2, 0) is 11.2 Å². The van der Waals surface area contributed by atoms with Crippen molar-refractivity contribution in [2.45, 2.75) is 19.8 Å². The van der Waals surface area contributed by atoms with Gasteiger partial charge in [0.15, 0.2) is 0 Å². The van der Waals surface area contributed by atoms with E-state index in [2.05, 4.69) is 0 Å². The molecule has 1 aliphatic carbocycles. The topological polar surface area (TPSA) is 37.3 Å². The zero-order chi connectivity index (χ0) is 11.7. The second-order valence-corrected chi connectivity index (χ2v) is 4.12. The minimum Gasteiger partial charge on any atom is -0.481 e. The first-order chi connectivity index (χ1) is 7.58. The van der Waals surface area contributed by atoms with Gasteiger partial charge in [-0.3, -0.25) is 4.79 Å². The molecule has 3 heteroatoms. The van der Waals surface area contributed by atoms with Gasteiger partial charge >= 0.3 is 5.97 Å². The summed E-state index contributed by atoms with van der Waals surface area (Å²) in [5.74, 6) is -1.50. The Balaban J connectivity index is 2.35. The van der Waals surface area contributed by atoms with Crippen molar-refractivity contribution >= 4 is 12.0 Å². The summed E-state index contributed by atoms with van der Waals surface area (Å²) < 4.78 is 13.0. The molecule has 0 saturated carbocycles. The molecule has 0 aromatic heterocycles. The number of fused-ring (bicyclic) bond motifs is 1. The molecule has 1 unspecified atom stereocenters. The lowest BCUT2D eigenvalue weighted by Crippen LogP contribution is -2.15. The molecule has 0 bridgehead atoms. The van der Waals surface area contributed by atoms with Crippen molar-refractivity contribution in [1.29, 1.82) is 0 Å². The molecule has 0 aliphatic heterocycles. The Kier molecular flexibility index (Phi) is 2.77. The summed E-state index contributed by atoms with van der Waals surface area (Å²) in [7, 11) is 0. The largest absolute Gasteiger partial charge is 0.481 e. The van der Waals surface area contributed by atoms with Gasteiger partial charge in [0.1, 0.15) is 5.82 Å². The predicted molar refractivity (Wildman–Crippen MR) is 59.5 cm³/mol. The maximum absolute atomic E-state index is 13.0. The van der Waals surface area contributed by atoms with Crippen molar-refractivity contribution in [2.24, 2.45) is 5.92 Å². The number of hydrogen-bond donors (Lipinski definition) is 1. The van der Waals surface area contributed by atoms with Gasteiger partial charge in [0.2, 0.25) is 0 Å². The van der Waals surface area contributed by atoms with Gasteiger partial charge in [0.25, 0.3) is 0 Å². The minimum atomic E-state index is -0.809. The lowest BCUT2D eigenvalue weighted by atomic mass is 9.86. The highest BCUT2D eigenvalue weighted by Crippen LogP contribution is 2.28. The van der Waals surface area contributed by atoms with Crippen molar-refractivity contribution < 1.29 is 14.3 Å². The highest BCUT2D eigenvalue weighted by molar-refractivity contribution is 5.76. The van der Waals surface area contributed by atoms with Gasteiger partial charge in [0.05, 0.1) is 5.92 Å². The quantitative estimate of drug-likeness (QED) is 0.832. The molecule has 1 atom stereocenters. The maximum Gasteiger partial charge on any atom is 0.310 e. The zero-order valence-corrected chi connectivity index (χ0v) is 9.03. The molecule has 2 nitrogen and oxygen atoms in total. The number of aliphatic carboxylic acids is 1. The Morgan fingerprint density at radius 1 is 1.44 bits per heavy atom. The van der Waals surface area contributed by atoms with E-state index in [1.165, 1.54) is 12.1 Å². The molecule has 16 heavy (non-hydrogen) atoms. The van der Waals surface area contributed by atoms with E-state index >= 15 is 0 Å². The summed E-state index contributed by atoms with van der Waals surface area (Å²) in [5.41, 5.74) is 2.81. The van der Waals surface area contributed by atoms with Gasteiger partial charge in [0, 0.05) is 0 Å². The monoisotopic (exact) mass is 220 g/mol. The fraction of sp³-hybridized carbons (Fsp3) is 0.308. The average Bonchev–Trinajstić information content (AvgIpc) is 2.27. The molecule has 84 valence electrons. The summed E-state index contributed by atoms with van der Waals surface area (Å²) in [6, 6.07) is 4.64. The first-order valence-corrected chi connectivity index (χ1v) is 5.29. The number of halogens is 1. The maximum atomic E-state index is 13.0. The van der Waals surface area contributed by atoms with Gasteiger partial charge in [-0.2, -0.15) is 0 Å². The van der Waals surface area contributed by atoms with Crippen LogP contribution in [0.2, 0.25) is 0 Å². The second-order valence-electron chi connectivity index (χ2n) is 4.12. The van der Waals surface area contributed by atoms with E-state index in [9.17, 15) is 9.18 Å². The highest BCUT2D eigenvalue weighted by Gasteiger charge is 2.20. The highest BCUT2D eigenvalue weighted by atomic mass is 19.1. The Labute approximate surface area is 93.4 Å². The van der Waals surface area contributed by atoms with Crippen LogP contribution in [0.25, 0.3) is 6.08 Å². The number of carbonyl (C=O) groups is 1. The lowest BCUT2D eigenvalue weighted by molar-refractivity contribution is -0.139. The molecule has 0 heterocycles. The van der Waals surface area contributed by atoms with Gasteiger partial charge in [-0.15, -0.1) is 0 Å². The molecule has 1 aromatic rings. The molecule has 1 N–H and O–H groups in total. The van der Waals surface area contributed by atoms with Crippen LogP contribution in [0, 0.1) is 11.7 Å². The third-order valence-electron chi connectivity index (χ3n) is 3.06. The van der Waals surface area contributed by atoms with E-state index in [4.69, 9.17) is 5.11 Å². The number of carboxylic acid groups (broad SMARTS) is 1. The van der Waals surface area contributed by atoms with Gasteiger partial charge in [-0.1, -0.05) is 17.7 Å². The standard InChI is InChI=1S/C13H13FO2/c1-8(13(15)16)9-2-3-11-7-12(14)5-4-10(11)6-9/h4-8H,2-3H2,1H3,(H,15,16). The summed E-state index contributed by atoms with van der Waals surface area (Å²) in [6.45, 7) is 1.68. The van der Waals surface area contributed by atoms with Gasteiger partial charge < -0.3 is 5.11 Å². The van der Waals surface area contributed by atoms with E-state index < -0.39 is 11.9 Å². The van der Waals surface area contributed by atoms with Gasteiger partial charge in [-0.25, -0.2) is 4.39 Å². The van der Waals surface area contributed by atoms with Crippen LogP contribution in [-0.4, -0.2) is 11.1 Å². The number of rotatable bonds is 2. The fourth-order valence-electron chi connectivity index (χ4n) is 1.98. The molecular formula is C13H13FO2. The summed E-state index contributed by atoms with van der Waals surface area (Å²) in [5, 5.41) is 8.93. The van der Waals surface area contributed by atoms with Gasteiger partial charge in [-0.05, 0) is 43.0 Å². The molecule has 0 radical (unpaired) electrons. The molecule has 2 rings (SSSR count). The Morgan fingerprint density at radius 3 is 2.88 bits per heavy atom. The predicted octanol–water partition coefficient (Wildman–Crippen LogP) is 2.88. The first kappa shape index (κ1) is 10.9. The van der Waals surface area contributed by atoms with E-state index in [-0.39, 0.29) is 5.82 Å². The number of hydrogen-bond acceptors (Lipinski definition) is 1.